The highest BCUT2D eigenvalue weighted by molar-refractivity contribution is 7.89. The van der Waals surface area contributed by atoms with Crippen LogP contribution in [0.3, 0.4) is 0 Å². The SMILES string of the molecule is CCN(C)CCNS(=O)(=O)c1cc(CNC(C)C)oc1C. The Morgan fingerprint density at radius 2 is 2.05 bits per heavy atom. The zero-order valence-corrected chi connectivity index (χ0v) is 14.4. The summed E-state index contributed by atoms with van der Waals surface area (Å²) in [4.78, 5) is 2.27. The first-order valence-corrected chi connectivity index (χ1v) is 8.75. The van der Waals surface area contributed by atoms with Gasteiger partial charge in [0.2, 0.25) is 10.0 Å². The molecule has 0 bridgehead atoms. The second-order valence-electron chi connectivity index (χ2n) is 5.46. The van der Waals surface area contributed by atoms with E-state index in [0.717, 1.165) is 6.54 Å². The van der Waals surface area contributed by atoms with Crippen LogP contribution in [0, 0.1) is 6.92 Å². The number of furan rings is 1. The lowest BCUT2D eigenvalue weighted by molar-refractivity contribution is 0.358. The van der Waals surface area contributed by atoms with Crippen molar-refractivity contribution in [1.29, 1.82) is 0 Å². The predicted octanol–water partition coefficient (Wildman–Crippen LogP) is 1.32. The molecule has 1 aromatic rings. The van der Waals surface area contributed by atoms with E-state index in [0.29, 0.717) is 37.2 Å². The molecule has 0 saturated carbocycles. The molecule has 0 aliphatic heterocycles. The molecular weight excluding hydrogens is 290 g/mol. The van der Waals surface area contributed by atoms with Crippen molar-refractivity contribution in [3.63, 3.8) is 0 Å². The van der Waals surface area contributed by atoms with Crippen LogP contribution in [0.2, 0.25) is 0 Å². The van der Waals surface area contributed by atoms with Gasteiger partial charge in [-0.15, -0.1) is 0 Å². The van der Waals surface area contributed by atoms with Gasteiger partial charge in [0.05, 0.1) is 6.54 Å². The van der Waals surface area contributed by atoms with E-state index in [1.807, 2.05) is 32.7 Å². The maximum absolute atomic E-state index is 12.3. The first-order valence-electron chi connectivity index (χ1n) is 7.27. The van der Waals surface area contributed by atoms with E-state index in [2.05, 4.69) is 10.0 Å². The van der Waals surface area contributed by atoms with Crippen LogP contribution in [0.25, 0.3) is 0 Å². The summed E-state index contributed by atoms with van der Waals surface area (Å²) in [5.74, 6) is 1.05. The van der Waals surface area contributed by atoms with Gasteiger partial charge in [0.15, 0.2) is 0 Å². The molecule has 1 aromatic heterocycles. The molecule has 0 spiro atoms. The van der Waals surface area contributed by atoms with Crippen molar-refractivity contribution in [1.82, 2.24) is 14.9 Å². The fourth-order valence-corrected chi connectivity index (χ4v) is 3.01. The fraction of sp³-hybridized carbons (Fsp3) is 0.714. The van der Waals surface area contributed by atoms with E-state index in [1.54, 1.807) is 13.0 Å². The molecule has 0 amide bonds. The summed E-state index contributed by atoms with van der Waals surface area (Å²) < 4.78 is 32.6. The van der Waals surface area contributed by atoms with Gasteiger partial charge < -0.3 is 14.6 Å². The molecule has 1 heterocycles. The van der Waals surface area contributed by atoms with Crippen molar-refractivity contribution in [2.45, 2.75) is 45.2 Å². The third-order valence-electron chi connectivity index (χ3n) is 3.22. The van der Waals surface area contributed by atoms with Gasteiger partial charge in [-0.1, -0.05) is 20.8 Å². The predicted molar refractivity (Wildman–Crippen MR) is 83.8 cm³/mol. The van der Waals surface area contributed by atoms with Crippen LogP contribution in [0.5, 0.6) is 0 Å². The van der Waals surface area contributed by atoms with Crippen molar-refractivity contribution in [2.24, 2.45) is 0 Å². The largest absolute Gasteiger partial charge is 0.464 e. The zero-order chi connectivity index (χ0) is 16.0. The number of likely N-dealkylation sites (N-methyl/N-ethyl adjacent to an activating group) is 1. The minimum Gasteiger partial charge on any atom is -0.464 e. The van der Waals surface area contributed by atoms with Crippen LogP contribution in [0.1, 0.15) is 32.3 Å². The summed E-state index contributed by atoms with van der Waals surface area (Å²) in [7, 11) is -1.56. The first kappa shape index (κ1) is 18.2. The molecule has 6 nitrogen and oxygen atoms in total. The smallest absolute Gasteiger partial charge is 0.244 e. The topological polar surface area (TPSA) is 74.6 Å². The highest BCUT2D eigenvalue weighted by atomic mass is 32.2. The lowest BCUT2D eigenvalue weighted by Crippen LogP contribution is -2.33. The summed E-state index contributed by atoms with van der Waals surface area (Å²) >= 11 is 0. The van der Waals surface area contributed by atoms with Crippen molar-refractivity contribution in [3.05, 3.63) is 17.6 Å². The third kappa shape index (κ3) is 5.78. The van der Waals surface area contributed by atoms with Crippen molar-refractivity contribution >= 4 is 10.0 Å². The minimum absolute atomic E-state index is 0.224. The van der Waals surface area contributed by atoms with E-state index < -0.39 is 10.0 Å². The van der Waals surface area contributed by atoms with Crippen LogP contribution in [-0.4, -0.2) is 46.0 Å². The molecule has 7 heteroatoms. The van der Waals surface area contributed by atoms with Gasteiger partial charge in [0.1, 0.15) is 16.4 Å². The van der Waals surface area contributed by atoms with Gasteiger partial charge in [-0.25, -0.2) is 13.1 Å². The average Bonchev–Trinajstić information content (AvgIpc) is 2.78. The number of nitrogens with zero attached hydrogens (tertiary/aromatic N) is 1. The fourth-order valence-electron chi connectivity index (χ4n) is 1.79. The van der Waals surface area contributed by atoms with Gasteiger partial charge in [-0.2, -0.15) is 0 Å². The highest BCUT2D eigenvalue weighted by Gasteiger charge is 2.21. The van der Waals surface area contributed by atoms with E-state index in [1.165, 1.54) is 0 Å². The van der Waals surface area contributed by atoms with E-state index in [4.69, 9.17) is 4.42 Å². The maximum atomic E-state index is 12.3. The second-order valence-corrected chi connectivity index (χ2v) is 7.20. The minimum atomic E-state index is -3.51. The Morgan fingerprint density at radius 1 is 1.38 bits per heavy atom. The molecule has 0 aromatic carbocycles. The molecule has 2 N–H and O–H groups in total. The number of nitrogens with one attached hydrogen (secondary N) is 2. The highest BCUT2D eigenvalue weighted by Crippen LogP contribution is 2.19. The summed E-state index contributed by atoms with van der Waals surface area (Å²) in [6, 6.07) is 1.91. The van der Waals surface area contributed by atoms with E-state index >= 15 is 0 Å². The van der Waals surface area contributed by atoms with E-state index in [-0.39, 0.29) is 4.90 Å². The van der Waals surface area contributed by atoms with Crippen LogP contribution < -0.4 is 10.0 Å². The lowest BCUT2D eigenvalue weighted by atomic mass is 10.3. The van der Waals surface area contributed by atoms with Gasteiger partial charge in [0, 0.05) is 25.2 Å². The molecule has 1 rings (SSSR count). The van der Waals surface area contributed by atoms with Gasteiger partial charge in [-0.05, 0) is 20.5 Å². The number of hydrogen-bond acceptors (Lipinski definition) is 5. The molecule has 21 heavy (non-hydrogen) atoms. The monoisotopic (exact) mass is 317 g/mol. The Kier molecular flexibility index (Phi) is 6.86. The Morgan fingerprint density at radius 3 is 2.62 bits per heavy atom. The molecule has 122 valence electrons. The molecule has 0 radical (unpaired) electrons. The van der Waals surface area contributed by atoms with Crippen LogP contribution in [-0.2, 0) is 16.6 Å². The molecule has 0 atom stereocenters. The number of rotatable bonds is 9. The number of sulfonamides is 1. The van der Waals surface area contributed by atoms with Gasteiger partial charge in [0.25, 0.3) is 0 Å². The Bertz CT molecular complexity index is 538. The standard InChI is InChI=1S/C14H27N3O3S/c1-6-17(5)8-7-16-21(18,19)14-9-13(20-12(14)4)10-15-11(2)3/h9,11,15-16H,6-8,10H2,1-5H3. The van der Waals surface area contributed by atoms with Gasteiger partial charge in [-0.3, -0.25) is 0 Å². The zero-order valence-electron chi connectivity index (χ0n) is 13.6. The summed E-state index contributed by atoms with van der Waals surface area (Å²) in [5, 5.41) is 3.20. The van der Waals surface area contributed by atoms with Crippen LogP contribution in [0.4, 0.5) is 0 Å². The summed E-state index contributed by atoms with van der Waals surface area (Å²) in [6.07, 6.45) is 0. The quantitative estimate of drug-likeness (QED) is 0.718. The Balaban J connectivity index is 2.70. The average molecular weight is 317 g/mol. The van der Waals surface area contributed by atoms with Crippen molar-refractivity contribution in [2.75, 3.05) is 26.7 Å². The normalized spacial score (nSPS) is 12.5. The van der Waals surface area contributed by atoms with Crippen LogP contribution >= 0.6 is 0 Å². The number of hydrogen-bond donors (Lipinski definition) is 2. The van der Waals surface area contributed by atoms with Crippen LogP contribution in [0.15, 0.2) is 15.4 Å². The summed E-state index contributed by atoms with van der Waals surface area (Å²) in [6.45, 7) is 10.2. The molecule has 0 aliphatic rings. The van der Waals surface area contributed by atoms with Gasteiger partial charge >= 0.3 is 0 Å². The summed E-state index contributed by atoms with van der Waals surface area (Å²) in [5.41, 5.74) is 0. The molecule has 0 unspecified atom stereocenters. The van der Waals surface area contributed by atoms with E-state index in [9.17, 15) is 8.42 Å². The third-order valence-corrected chi connectivity index (χ3v) is 4.79. The second kappa shape index (κ2) is 7.93. The molecule has 0 saturated heterocycles. The molecule has 0 fully saturated rings. The lowest BCUT2D eigenvalue weighted by Gasteiger charge is -2.13. The van der Waals surface area contributed by atoms with Crippen molar-refractivity contribution < 1.29 is 12.8 Å². The molecule has 0 aliphatic carbocycles. The maximum Gasteiger partial charge on any atom is 0.244 e. The Labute approximate surface area is 127 Å². The molecular formula is C14H27N3O3S. The number of aryl methyl sites for hydroxylation is 1. The Hall–Kier alpha value is -0.890. The first-order chi connectivity index (χ1) is 9.76. The van der Waals surface area contributed by atoms with Crippen molar-refractivity contribution in [3.8, 4) is 0 Å².